The van der Waals surface area contributed by atoms with Crippen LogP contribution in [-0.4, -0.2) is 24.7 Å². The number of amides is 1. The van der Waals surface area contributed by atoms with Gasteiger partial charge >= 0.3 is 5.97 Å². The molecule has 0 saturated carbocycles. The summed E-state index contributed by atoms with van der Waals surface area (Å²) < 4.78 is 10.6. The first-order valence-corrected chi connectivity index (χ1v) is 10.0. The monoisotopic (exact) mass is 476 g/mol. The zero-order valence-corrected chi connectivity index (χ0v) is 18.1. The fraction of sp³-hybridized carbons (Fsp3) is 0.0455. The van der Waals surface area contributed by atoms with E-state index in [1.54, 1.807) is 60.7 Å². The lowest BCUT2D eigenvalue weighted by Crippen LogP contribution is -2.24. The number of benzene rings is 3. The standard InChI is InChI=1S/C22H15Cl3N2O4/c23-16-4-1-3-15(11-16)22(29)31-17-9-7-14(8-10-17)12-26-27-20(28)13-30-19-6-2-5-18(24)21(19)25/h1-12H,13H2,(H,27,28)/b26-12+. The number of ether oxygens (including phenoxy) is 2. The molecule has 0 fully saturated rings. The van der Waals surface area contributed by atoms with Gasteiger partial charge in [0.25, 0.3) is 5.91 Å². The van der Waals surface area contributed by atoms with Crippen LogP contribution < -0.4 is 14.9 Å². The Morgan fingerprint density at radius 1 is 0.968 bits per heavy atom. The Kier molecular flexibility index (Phi) is 7.89. The van der Waals surface area contributed by atoms with Crippen molar-refractivity contribution in [2.75, 3.05) is 6.61 Å². The molecular formula is C22H15Cl3N2O4. The van der Waals surface area contributed by atoms with E-state index < -0.39 is 11.9 Å². The highest BCUT2D eigenvalue weighted by Gasteiger charge is 2.09. The molecule has 3 rings (SSSR count). The summed E-state index contributed by atoms with van der Waals surface area (Å²) in [6.07, 6.45) is 1.44. The first-order valence-electron chi connectivity index (χ1n) is 8.89. The second-order valence-electron chi connectivity index (χ2n) is 6.10. The summed E-state index contributed by atoms with van der Waals surface area (Å²) in [5, 5.41) is 4.87. The van der Waals surface area contributed by atoms with Gasteiger partial charge in [0, 0.05) is 5.02 Å². The molecule has 0 saturated heterocycles. The third-order valence-electron chi connectivity index (χ3n) is 3.83. The van der Waals surface area contributed by atoms with Gasteiger partial charge in [-0.05, 0) is 60.2 Å². The van der Waals surface area contributed by atoms with E-state index in [2.05, 4.69) is 10.5 Å². The maximum Gasteiger partial charge on any atom is 0.343 e. The van der Waals surface area contributed by atoms with Crippen molar-refractivity contribution >= 4 is 52.9 Å². The average Bonchev–Trinajstić information content (AvgIpc) is 2.76. The van der Waals surface area contributed by atoms with Gasteiger partial charge in [0.15, 0.2) is 6.61 Å². The molecule has 0 unspecified atom stereocenters. The fourth-order valence-corrected chi connectivity index (χ4v) is 2.89. The molecule has 3 aromatic rings. The summed E-state index contributed by atoms with van der Waals surface area (Å²) in [7, 11) is 0. The third-order valence-corrected chi connectivity index (χ3v) is 4.87. The average molecular weight is 478 g/mol. The van der Waals surface area contributed by atoms with E-state index >= 15 is 0 Å². The van der Waals surface area contributed by atoms with Crippen molar-refractivity contribution in [3.8, 4) is 11.5 Å². The number of carbonyl (C=O) groups is 2. The number of hydrazone groups is 1. The van der Waals surface area contributed by atoms with Gasteiger partial charge in [-0.25, -0.2) is 10.2 Å². The van der Waals surface area contributed by atoms with Gasteiger partial charge in [-0.2, -0.15) is 5.10 Å². The smallest absolute Gasteiger partial charge is 0.343 e. The van der Waals surface area contributed by atoms with E-state index in [1.807, 2.05) is 0 Å². The van der Waals surface area contributed by atoms with Crippen LogP contribution in [-0.2, 0) is 4.79 Å². The quantitative estimate of drug-likeness (QED) is 0.214. The fourth-order valence-electron chi connectivity index (χ4n) is 2.35. The van der Waals surface area contributed by atoms with E-state index in [-0.39, 0.29) is 11.6 Å². The van der Waals surface area contributed by atoms with Crippen LogP contribution in [0.2, 0.25) is 15.1 Å². The summed E-state index contributed by atoms with van der Waals surface area (Å²) in [6, 6.07) is 17.9. The van der Waals surface area contributed by atoms with Crippen LogP contribution >= 0.6 is 34.8 Å². The zero-order valence-electron chi connectivity index (χ0n) is 15.8. The number of halogens is 3. The van der Waals surface area contributed by atoms with E-state index in [4.69, 9.17) is 44.3 Å². The van der Waals surface area contributed by atoms with Crippen molar-refractivity contribution in [2.45, 2.75) is 0 Å². The summed E-state index contributed by atoms with van der Waals surface area (Å²) in [5.41, 5.74) is 3.37. The van der Waals surface area contributed by atoms with Crippen molar-refractivity contribution in [1.82, 2.24) is 5.43 Å². The van der Waals surface area contributed by atoms with Gasteiger partial charge in [0.1, 0.15) is 16.5 Å². The molecule has 0 bridgehead atoms. The molecule has 0 aliphatic rings. The molecule has 1 amide bonds. The molecular weight excluding hydrogens is 463 g/mol. The molecule has 31 heavy (non-hydrogen) atoms. The normalized spacial score (nSPS) is 10.7. The number of carbonyl (C=O) groups excluding carboxylic acids is 2. The molecule has 158 valence electrons. The minimum absolute atomic E-state index is 0.233. The molecule has 0 spiro atoms. The minimum atomic E-state index is -0.518. The van der Waals surface area contributed by atoms with E-state index in [9.17, 15) is 9.59 Å². The van der Waals surface area contributed by atoms with Gasteiger partial charge in [-0.15, -0.1) is 0 Å². The summed E-state index contributed by atoms with van der Waals surface area (Å²) in [6.45, 7) is -0.282. The predicted octanol–water partition coefficient (Wildman–Crippen LogP) is 5.40. The van der Waals surface area contributed by atoms with Gasteiger partial charge in [-0.3, -0.25) is 4.79 Å². The first kappa shape index (κ1) is 22.6. The SMILES string of the molecule is O=C(COc1cccc(Cl)c1Cl)N/N=C/c1ccc(OC(=O)c2cccc(Cl)c2)cc1. The lowest BCUT2D eigenvalue weighted by Gasteiger charge is -2.07. The summed E-state index contributed by atoms with van der Waals surface area (Å²) >= 11 is 17.8. The van der Waals surface area contributed by atoms with E-state index in [1.165, 1.54) is 12.3 Å². The molecule has 0 aliphatic heterocycles. The molecule has 1 N–H and O–H groups in total. The number of nitrogens with zero attached hydrogens (tertiary/aromatic N) is 1. The van der Waals surface area contributed by atoms with Crippen molar-refractivity contribution in [3.63, 3.8) is 0 Å². The highest BCUT2D eigenvalue weighted by atomic mass is 35.5. The molecule has 0 aliphatic carbocycles. The third kappa shape index (κ3) is 6.72. The molecule has 0 atom stereocenters. The van der Waals surface area contributed by atoms with Crippen molar-refractivity contribution in [3.05, 3.63) is 92.9 Å². The predicted molar refractivity (Wildman–Crippen MR) is 121 cm³/mol. The van der Waals surface area contributed by atoms with Crippen LogP contribution in [0.4, 0.5) is 0 Å². The van der Waals surface area contributed by atoms with Crippen LogP contribution in [0, 0.1) is 0 Å². The maximum absolute atomic E-state index is 12.1. The van der Waals surface area contributed by atoms with Crippen molar-refractivity contribution < 1.29 is 19.1 Å². The Balaban J connectivity index is 1.48. The lowest BCUT2D eigenvalue weighted by atomic mass is 10.2. The molecule has 0 radical (unpaired) electrons. The summed E-state index contributed by atoms with van der Waals surface area (Å²) in [5.74, 6) is -0.329. The Hall–Kier alpha value is -3.06. The second-order valence-corrected chi connectivity index (χ2v) is 7.32. The van der Waals surface area contributed by atoms with Crippen LogP contribution in [0.1, 0.15) is 15.9 Å². The van der Waals surface area contributed by atoms with Gasteiger partial charge in [0.2, 0.25) is 0 Å². The molecule has 6 nitrogen and oxygen atoms in total. The van der Waals surface area contributed by atoms with Gasteiger partial charge < -0.3 is 9.47 Å². The Morgan fingerprint density at radius 3 is 2.45 bits per heavy atom. The molecule has 3 aromatic carbocycles. The summed E-state index contributed by atoms with van der Waals surface area (Å²) in [4.78, 5) is 24.0. The van der Waals surface area contributed by atoms with Crippen LogP contribution in [0.25, 0.3) is 0 Å². The number of rotatable bonds is 7. The highest BCUT2D eigenvalue weighted by molar-refractivity contribution is 6.42. The Morgan fingerprint density at radius 2 is 1.71 bits per heavy atom. The Labute approximate surface area is 193 Å². The molecule has 9 heteroatoms. The van der Waals surface area contributed by atoms with Crippen molar-refractivity contribution in [1.29, 1.82) is 0 Å². The molecule has 0 aromatic heterocycles. The van der Waals surface area contributed by atoms with Crippen LogP contribution in [0.5, 0.6) is 11.5 Å². The lowest BCUT2D eigenvalue weighted by molar-refractivity contribution is -0.123. The second kappa shape index (κ2) is 10.8. The Bertz CT molecular complexity index is 1120. The van der Waals surface area contributed by atoms with Crippen LogP contribution in [0.15, 0.2) is 71.8 Å². The zero-order chi connectivity index (χ0) is 22.2. The molecule has 0 heterocycles. The largest absolute Gasteiger partial charge is 0.482 e. The van der Waals surface area contributed by atoms with Gasteiger partial charge in [0.05, 0.1) is 16.8 Å². The topological polar surface area (TPSA) is 77.0 Å². The minimum Gasteiger partial charge on any atom is -0.482 e. The van der Waals surface area contributed by atoms with E-state index in [0.29, 0.717) is 32.7 Å². The van der Waals surface area contributed by atoms with E-state index in [0.717, 1.165) is 0 Å². The van der Waals surface area contributed by atoms with Crippen LogP contribution in [0.3, 0.4) is 0 Å². The first-order chi connectivity index (χ1) is 14.9. The van der Waals surface area contributed by atoms with Gasteiger partial charge in [-0.1, -0.05) is 46.9 Å². The number of nitrogens with one attached hydrogen (secondary N) is 1. The van der Waals surface area contributed by atoms with Crippen molar-refractivity contribution in [2.24, 2.45) is 5.10 Å². The number of esters is 1. The highest BCUT2D eigenvalue weighted by Crippen LogP contribution is 2.31. The number of hydrogen-bond donors (Lipinski definition) is 1. The number of hydrogen-bond acceptors (Lipinski definition) is 5. The maximum atomic E-state index is 12.1.